The number of carbonyl (C=O) groups is 2. The van der Waals surface area contributed by atoms with E-state index in [-0.39, 0.29) is 18.1 Å². The lowest BCUT2D eigenvalue weighted by Crippen LogP contribution is -2.42. The van der Waals surface area contributed by atoms with Crippen LogP contribution in [-0.4, -0.2) is 42.9 Å². The van der Waals surface area contributed by atoms with E-state index in [0.717, 1.165) is 5.56 Å². The quantitative estimate of drug-likeness (QED) is 0.824. The van der Waals surface area contributed by atoms with E-state index in [1.54, 1.807) is 12.1 Å². The molecular weight excluding hydrogens is 250 g/mol. The summed E-state index contributed by atoms with van der Waals surface area (Å²) in [6.45, 7) is 1.54. The summed E-state index contributed by atoms with van der Waals surface area (Å²) in [6, 6.07) is 6.35. The molecule has 1 heterocycles. The van der Waals surface area contributed by atoms with E-state index >= 15 is 0 Å². The largest absolute Gasteiger partial charge is 0.478 e. The predicted octanol–water partition coefficient (Wildman–Crippen LogP) is 0.416. The van der Waals surface area contributed by atoms with Crippen LogP contribution in [0.1, 0.15) is 15.9 Å². The van der Waals surface area contributed by atoms with Gasteiger partial charge in [0.25, 0.3) is 5.91 Å². The van der Waals surface area contributed by atoms with Gasteiger partial charge in [-0.2, -0.15) is 0 Å². The fraction of sp³-hybridized carbons (Fsp3) is 0.385. The molecule has 1 aliphatic heterocycles. The van der Waals surface area contributed by atoms with Crippen molar-refractivity contribution in [1.29, 1.82) is 0 Å². The van der Waals surface area contributed by atoms with Crippen molar-refractivity contribution in [2.45, 2.75) is 12.6 Å². The lowest BCUT2D eigenvalue weighted by Gasteiger charge is -2.22. The van der Waals surface area contributed by atoms with Crippen molar-refractivity contribution in [3.63, 3.8) is 0 Å². The van der Waals surface area contributed by atoms with Crippen molar-refractivity contribution in [1.82, 2.24) is 5.32 Å². The Balaban J connectivity index is 1.84. The number of hydrogen-bond acceptors (Lipinski definition) is 4. The second kappa shape index (κ2) is 6.31. The third-order valence-electron chi connectivity index (χ3n) is 2.78. The fourth-order valence-corrected chi connectivity index (χ4v) is 1.71. The molecule has 0 aliphatic carbocycles. The summed E-state index contributed by atoms with van der Waals surface area (Å²) < 4.78 is 10.4. The molecule has 1 atom stereocenters. The average Bonchev–Trinajstić information content (AvgIpc) is 2.46. The Kier molecular flexibility index (Phi) is 4.48. The van der Waals surface area contributed by atoms with Crippen LogP contribution in [0.15, 0.2) is 24.3 Å². The van der Waals surface area contributed by atoms with E-state index in [4.69, 9.17) is 14.6 Å². The summed E-state index contributed by atoms with van der Waals surface area (Å²) in [4.78, 5) is 22.4. The molecule has 1 fully saturated rings. The first kappa shape index (κ1) is 13.5. The molecule has 0 unspecified atom stereocenters. The van der Waals surface area contributed by atoms with Gasteiger partial charge < -0.3 is 19.9 Å². The van der Waals surface area contributed by atoms with Crippen molar-refractivity contribution in [3.8, 4) is 0 Å². The monoisotopic (exact) mass is 265 g/mol. The number of carbonyl (C=O) groups excluding carboxylic acids is 1. The Labute approximate surface area is 110 Å². The third kappa shape index (κ3) is 3.77. The van der Waals surface area contributed by atoms with Crippen molar-refractivity contribution >= 4 is 11.9 Å². The zero-order valence-electron chi connectivity index (χ0n) is 10.3. The van der Waals surface area contributed by atoms with Gasteiger partial charge >= 0.3 is 5.97 Å². The summed E-state index contributed by atoms with van der Waals surface area (Å²) in [5, 5.41) is 11.5. The Morgan fingerprint density at radius 1 is 1.26 bits per heavy atom. The van der Waals surface area contributed by atoms with Gasteiger partial charge in [-0.25, -0.2) is 4.79 Å². The minimum Gasteiger partial charge on any atom is -0.478 e. The first-order valence-corrected chi connectivity index (χ1v) is 5.96. The smallest absolute Gasteiger partial charge is 0.335 e. The molecule has 0 bridgehead atoms. The van der Waals surface area contributed by atoms with Crippen molar-refractivity contribution in [2.75, 3.05) is 19.8 Å². The number of carboxylic acids is 1. The van der Waals surface area contributed by atoms with Gasteiger partial charge in [0.15, 0.2) is 6.10 Å². The average molecular weight is 265 g/mol. The highest BCUT2D eigenvalue weighted by Gasteiger charge is 2.22. The fourth-order valence-electron chi connectivity index (χ4n) is 1.71. The molecule has 19 heavy (non-hydrogen) atoms. The van der Waals surface area contributed by atoms with E-state index in [1.807, 2.05) is 0 Å². The van der Waals surface area contributed by atoms with Crippen LogP contribution in [0.5, 0.6) is 0 Å². The summed E-state index contributed by atoms with van der Waals surface area (Å²) in [5.41, 5.74) is 1.05. The minimum atomic E-state index is -0.969. The Morgan fingerprint density at radius 3 is 2.58 bits per heavy atom. The number of nitrogens with one attached hydrogen (secondary N) is 1. The molecule has 1 aromatic carbocycles. The Hall–Kier alpha value is -1.92. The summed E-state index contributed by atoms with van der Waals surface area (Å²) in [6.07, 6.45) is -0.563. The number of aromatic carboxylic acids is 1. The van der Waals surface area contributed by atoms with Crippen LogP contribution in [0.4, 0.5) is 0 Å². The molecule has 0 radical (unpaired) electrons. The first-order chi connectivity index (χ1) is 9.16. The highest BCUT2D eigenvalue weighted by molar-refractivity contribution is 5.87. The van der Waals surface area contributed by atoms with E-state index in [9.17, 15) is 9.59 Å². The van der Waals surface area contributed by atoms with Crippen LogP contribution in [0.2, 0.25) is 0 Å². The van der Waals surface area contributed by atoms with E-state index in [2.05, 4.69) is 5.32 Å². The lowest BCUT2D eigenvalue weighted by atomic mass is 10.1. The minimum absolute atomic E-state index is 0.220. The number of ether oxygens (including phenoxy) is 2. The molecule has 6 nitrogen and oxygen atoms in total. The van der Waals surface area contributed by atoms with Gasteiger partial charge in [0.05, 0.1) is 25.4 Å². The van der Waals surface area contributed by atoms with Crippen LogP contribution >= 0.6 is 0 Å². The molecule has 0 spiro atoms. The molecule has 102 valence electrons. The highest BCUT2D eigenvalue weighted by Crippen LogP contribution is 2.05. The molecule has 1 saturated heterocycles. The third-order valence-corrected chi connectivity index (χ3v) is 2.78. The van der Waals surface area contributed by atoms with E-state index in [0.29, 0.717) is 19.8 Å². The highest BCUT2D eigenvalue weighted by atomic mass is 16.6. The molecular formula is C13H15NO5. The van der Waals surface area contributed by atoms with Crippen molar-refractivity contribution in [3.05, 3.63) is 35.4 Å². The van der Waals surface area contributed by atoms with Gasteiger partial charge in [0.2, 0.25) is 0 Å². The molecule has 0 saturated carbocycles. The Morgan fingerprint density at radius 2 is 2.00 bits per heavy atom. The molecule has 1 aliphatic rings. The number of benzene rings is 1. The number of carboxylic acid groups (broad SMARTS) is 1. The standard InChI is InChI=1S/C13H15NO5/c15-12(11-8-18-5-6-19-11)14-7-9-1-3-10(4-2-9)13(16)17/h1-4,11H,5-8H2,(H,14,15)(H,16,17)/t11-/m0/s1. The Bertz CT molecular complexity index is 451. The van der Waals surface area contributed by atoms with E-state index < -0.39 is 12.1 Å². The molecule has 1 amide bonds. The normalized spacial score (nSPS) is 18.8. The SMILES string of the molecule is O=C(O)c1ccc(CNC(=O)[C@@H]2COCCO2)cc1. The number of amides is 1. The number of rotatable bonds is 4. The van der Waals surface area contributed by atoms with Crippen molar-refractivity contribution in [2.24, 2.45) is 0 Å². The zero-order valence-corrected chi connectivity index (χ0v) is 10.3. The van der Waals surface area contributed by atoms with Crippen LogP contribution in [0.3, 0.4) is 0 Å². The van der Waals surface area contributed by atoms with Gasteiger partial charge in [0, 0.05) is 6.54 Å². The second-order valence-electron chi connectivity index (χ2n) is 4.15. The summed E-state index contributed by atoms with van der Waals surface area (Å²) in [5.74, 6) is -1.19. The second-order valence-corrected chi connectivity index (χ2v) is 4.15. The lowest BCUT2D eigenvalue weighted by molar-refractivity contribution is -0.147. The maximum absolute atomic E-state index is 11.7. The van der Waals surface area contributed by atoms with Gasteiger partial charge in [-0.1, -0.05) is 12.1 Å². The van der Waals surface area contributed by atoms with Gasteiger partial charge in [-0.15, -0.1) is 0 Å². The molecule has 6 heteroatoms. The van der Waals surface area contributed by atoms with Crippen LogP contribution in [0.25, 0.3) is 0 Å². The predicted molar refractivity (Wildman–Crippen MR) is 65.8 cm³/mol. The summed E-state index contributed by atoms with van der Waals surface area (Å²) in [7, 11) is 0. The first-order valence-electron chi connectivity index (χ1n) is 5.96. The maximum atomic E-state index is 11.7. The number of hydrogen-bond donors (Lipinski definition) is 2. The zero-order chi connectivity index (χ0) is 13.7. The van der Waals surface area contributed by atoms with Crippen LogP contribution in [-0.2, 0) is 20.8 Å². The summed E-state index contributed by atoms with van der Waals surface area (Å²) >= 11 is 0. The topological polar surface area (TPSA) is 84.9 Å². The molecule has 2 rings (SSSR count). The van der Waals surface area contributed by atoms with Gasteiger partial charge in [-0.05, 0) is 17.7 Å². The van der Waals surface area contributed by atoms with Crippen molar-refractivity contribution < 1.29 is 24.2 Å². The molecule has 0 aromatic heterocycles. The van der Waals surface area contributed by atoms with E-state index in [1.165, 1.54) is 12.1 Å². The van der Waals surface area contributed by atoms with Crippen LogP contribution < -0.4 is 5.32 Å². The molecule has 2 N–H and O–H groups in total. The molecule has 1 aromatic rings. The van der Waals surface area contributed by atoms with Gasteiger partial charge in [-0.3, -0.25) is 4.79 Å². The van der Waals surface area contributed by atoms with Crippen LogP contribution in [0, 0.1) is 0 Å². The maximum Gasteiger partial charge on any atom is 0.335 e. The van der Waals surface area contributed by atoms with Gasteiger partial charge in [0.1, 0.15) is 0 Å².